The molecule has 0 aliphatic carbocycles. The second-order valence-corrected chi connectivity index (χ2v) is 5.28. The van der Waals surface area contributed by atoms with Crippen molar-refractivity contribution in [3.05, 3.63) is 63.0 Å². The molecule has 1 N–H and O–H groups in total. The molecule has 124 valence electrons. The molecule has 0 fully saturated rings. The van der Waals surface area contributed by atoms with E-state index in [1.165, 1.54) is 30.5 Å². The van der Waals surface area contributed by atoms with Gasteiger partial charge < -0.3 is 14.5 Å². The molecule has 1 amide bonds. The van der Waals surface area contributed by atoms with Crippen LogP contribution in [0.25, 0.3) is 6.08 Å². The Kier molecular flexibility index (Phi) is 5.85. The number of nitrogens with zero attached hydrogens (tertiary/aromatic N) is 1. The van der Waals surface area contributed by atoms with Gasteiger partial charge in [0.1, 0.15) is 5.76 Å². The molecule has 1 heterocycles. The number of anilines is 1. The minimum absolute atomic E-state index is 0.116. The maximum absolute atomic E-state index is 11.7. The van der Waals surface area contributed by atoms with Gasteiger partial charge in [0.25, 0.3) is 11.6 Å². The van der Waals surface area contributed by atoms with Crippen LogP contribution in [0, 0.1) is 10.1 Å². The van der Waals surface area contributed by atoms with Gasteiger partial charge in [-0.2, -0.15) is 0 Å². The van der Waals surface area contributed by atoms with Crippen LogP contribution in [0.1, 0.15) is 5.76 Å². The first-order chi connectivity index (χ1) is 11.5. The number of nitro benzene ring substituents is 1. The summed E-state index contributed by atoms with van der Waals surface area (Å²) >= 11 is 3.12. The average molecular weight is 395 g/mol. The average Bonchev–Trinajstić information content (AvgIpc) is 3.06. The van der Waals surface area contributed by atoms with Gasteiger partial charge in [0.2, 0.25) is 0 Å². The Morgan fingerprint density at radius 2 is 2.17 bits per heavy atom. The number of hydrogen-bond donors (Lipinski definition) is 1. The summed E-state index contributed by atoms with van der Waals surface area (Å²) in [6.45, 7) is -0.495. The van der Waals surface area contributed by atoms with Crippen LogP contribution in [0.4, 0.5) is 11.4 Å². The predicted octanol–water partition coefficient (Wildman–Crippen LogP) is 3.15. The molecule has 0 unspecified atom stereocenters. The quantitative estimate of drug-likeness (QED) is 0.348. The first-order valence-electron chi connectivity index (χ1n) is 6.58. The Hall–Kier alpha value is -2.94. The molecule has 0 aliphatic heterocycles. The van der Waals surface area contributed by atoms with Crippen molar-refractivity contribution in [2.24, 2.45) is 0 Å². The molecule has 1 aromatic carbocycles. The van der Waals surface area contributed by atoms with E-state index in [4.69, 9.17) is 9.15 Å². The molecule has 0 saturated heterocycles. The van der Waals surface area contributed by atoms with E-state index in [0.717, 1.165) is 6.08 Å². The maximum atomic E-state index is 11.7. The van der Waals surface area contributed by atoms with Gasteiger partial charge in [-0.05, 0) is 40.2 Å². The third kappa shape index (κ3) is 5.06. The van der Waals surface area contributed by atoms with Gasteiger partial charge in [0, 0.05) is 22.7 Å². The van der Waals surface area contributed by atoms with E-state index in [0.29, 0.717) is 15.9 Å². The van der Waals surface area contributed by atoms with Crippen molar-refractivity contribution >= 4 is 45.3 Å². The van der Waals surface area contributed by atoms with Crippen LogP contribution in [-0.2, 0) is 14.3 Å². The topological polar surface area (TPSA) is 112 Å². The summed E-state index contributed by atoms with van der Waals surface area (Å²) in [5, 5.41) is 13.1. The van der Waals surface area contributed by atoms with Gasteiger partial charge >= 0.3 is 5.97 Å². The molecule has 8 nitrogen and oxygen atoms in total. The molecule has 9 heteroatoms. The maximum Gasteiger partial charge on any atom is 0.331 e. The number of nitrogens with one attached hydrogen (secondary N) is 1. The van der Waals surface area contributed by atoms with Crippen molar-refractivity contribution in [2.45, 2.75) is 0 Å². The van der Waals surface area contributed by atoms with E-state index in [2.05, 4.69) is 21.2 Å². The van der Waals surface area contributed by atoms with E-state index in [-0.39, 0.29) is 5.69 Å². The second-order valence-electron chi connectivity index (χ2n) is 4.43. The third-order valence-corrected chi connectivity index (χ3v) is 3.37. The number of nitro groups is 1. The van der Waals surface area contributed by atoms with Gasteiger partial charge in [-0.3, -0.25) is 14.9 Å². The van der Waals surface area contributed by atoms with Crippen molar-refractivity contribution in [1.29, 1.82) is 0 Å². The van der Waals surface area contributed by atoms with Gasteiger partial charge in [-0.25, -0.2) is 4.79 Å². The lowest BCUT2D eigenvalue weighted by molar-refractivity contribution is -0.384. The third-order valence-electron chi connectivity index (χ3n) is 2.71. The summed E-state index contributed by atoms with van der Waals surface area (Å²) in [5.74, 6) is -0.806. The highest BCUT2D eigenvalue weighted by atomic mass is 79.9. The van der Waals surface area contributed by atoms with Gasteiger partial charge in [-0.1, -0.05) is 0 Å². The number of rotatable bonds is 6. The summed E-state index contributed by atoms with van der Waals surface area (Å²) < 4.78 is 10.1. The summed E-state index contributed by atoms with van der Waals surface area (Å²) in [5.41, 5.74) is 0.210. The summed E-state index contributed by atoms with van der Waals surface area (Å²) in [7, 11) is 0. The van der Waals surface area contributed by atoms with Crippen LogP contribution in [0.15, 0.2) is 51.6 Å². The van der Waals surface area contributed by atoms with Crippen LogP contribution in [0.2, 0.25) is 0 Å². The number of halogens is 1. The Balaban J connectivity index is 1.85. The van der Waals surface area contributed by atoms with Crippen molar-refractivity contribution < 1.29 is 23.7 Å². The molecular formula is C15H11BrN2O6. The first kappa shape index (κ1) is 17.4. The number of ether oxygens (including phenoxy) is 1. The number of benzene rings is 1. The van der Waals surface area contributed by atoms with Crippen molar-refractivity contribution in [3.63, 3.8) is 0 Å². The molecule has 24 heavy (non-hydrogen) atoms. The molecule has 0 aliphatic rings. The van der Waals surface area contributed by atoms with Crippen LogP contribution in [0.3, 0.4) is 0 Å². The van der Waals surface area contributed by atoms with E-state index < -0.39 is 23.4 Å². The van der Waals surface area contributed by atoms with E-state index in [9.17, 15) is 19.7 Å². The number of furan rings is 1. The zero-order valence-electron chi connectivity index (χ0n) is 12.1. The molecule has 0 spiro atoms. The van der Waals surface area contributed by atoms with Crippen molar-refractivity contribution in [3.8, 4) is 0 Å². The van der Waals surface area contributed by atoms with Crippen LogP contribution >= 0.6 is 15.9 Å². The molecular weight excluding hydrogens is 384 g/mol. The lowest BCUT2D eigenvalue weighted by Gasteiger charge is -2.07. The second kappa shape index (κ2) is 8.06. The van der Waals surface area contributed by atoms with Crippen molar-refractivity contribution in [2.75, 3.05) is 11.9 Å². The number of esters is 1. The highest BCUT2D eigenvalue weighted by Gasteiger charge is 2.12. The fourth-order valence-electron chi connectivity index (χ4n) is 1.63. The Morgan fingerprint density at radius 1 is 1.38 bits per heavy atom. The zero-order chi connectivity index (χ0) is 17.5. The normalized spacial score (nSPS) is 10.5. The lowest BCUT2D eigenvalue weighted by atomic mass is 10.3. The van der Waals surface area contributed by atoms with Crippen molar-refractivity contribution in [1.82, 2.24) is 0 Å². The minimum Gasteiger partial charge on any atom is -0.465 e. The summed E-state index contributed by atoms with van der Waals surface area (Å²) in [4.78, 5) is 33.3. The van der Waals surface area contributed by atoms with E-state index in [1.807, 2.05) is 0 Å². The highest BCUT2D eigenvalue weighted by Crippen LogP contribution is 2.26. The van der Waals surface area contributed by atoms with Crippen LogP contribution in [0.5, 0.6) is 0 Å². The molecule has 0 radical (unpaired) electrons. The Labute approximate surface area is 144 Å². The summed E-state index contributed by atoms with van der Waals surface area (Å²) in [6, 6.07) is 7.20. The van der Waals surface area contributed by atoms with Crippen LogP contribution in [-0.4, -0.2) is 23.4 Å². The largest absolute Gasteiger partial charge is 0.465 e. The zero-order valence-corrected chi connectivity index (χ0v) is 13.7. The number of non-ortho nitro benzene ring substituents is 1. The minimum atomic E-state index is -0.704. The van der Waals surface area contributed by atoms with Crippen LogP contribution < -0.4 is 5.32 Å². The van der Waals surface area contributed by atoms with Gasteiger partial charge in [0.15, 0.2) is 6.61 Å². The Morgan fingerprint density at radius 3 is 2.79 bits per heavy atom. The smallest absolute Gasteiger partial charge is 0.331 e. The fraction of sp³-hybridized carbons (Fsp3) is 0.0667. The molecule has 2 rings (SSSR count). The van der Waals surface area contributed by atoms with Gasteiger partial charge in [0.05, 0.1) is 16.9 Å². The number of hydrogen-bond acceptors (Lipinski definition) is 6. The monoisotopic (exact) mass is 394 g/mol. The molecule has 2 aromatic rings. The molecule has 0 saturated carbocycles. The molecule has 0 atom stereocenters. The fourth-order valence-corrected chi connectivity index (χ4v) is 2.09. The molecule has 0 bridgehead atoms. The standard InChI is InChI=1S/C15H11BrN2O6/c16-12-8-10(18(21)22)3-5-13(12)17-14(19)9-24-15(20)6-4-11-2-1-7-23-11/h1-8H,9H2,(H,17,19)/b6-4+. The lowest BCUT2D eigenvalue weighted by Crippen LogP contribution is -2.20. The van der Waals surface area contributed by atoms with E-state index in [1.54, 1.807) is 12.1 Å². The number of carbonyl (C=O) groups is 2. The van der Waals surface area contributed by atoms with Gasteiger partial charge in [-0.15, -0.1) is 0 Å². The SMILES string of the molecule is O=C(COC(=O)/C=C/c1ccco1)Nc1ccc([N+](=O)[O-])cc1Br. The highest BCUT2D eigenvalue weighted by molar-refractivity contribution is 9.10. The predicted molar refractivity (Wildman–Crippen MR) is 88.1 cm³/mol. The first-order valence-corrected chi connectivity index (χ1v) is 7.37. The number of carbonyl (C=O) groups excluding carboxylic acids is 2. The number of amides is 1. The van der Waals surface area contributed by atoms with E-state index >= 15 is 0 Å². The summed E-state index contributed by atoms with van der Waals surface area (Å²) in [6.07, 6.45) is 4.00. The molecule has 1 aromatic heterocycles. The Bertz CT molecular complexity index is 785.